The Morgan fingerprint density at radius 3 is 0.867 bits per heavy atom. The molecule has 0 N–H and O–H groups in total. The molecule has 0 amide bonds. The van der Waals surface area contributed by atoms with E-state index in [0.717, 1.165) is 13.0 Å². The van der Waals surface area contributed by atoms with Gasteiger partial charge in [0.2, 0.25) is 0 Å². The van der Waals surface area contributed by atoms with Crippen molar-refractivity contribution >= 4 is 30.9 Å². The molecule has 0 bridgehead atoms. The van der Waals surface area contributed by atoms with Crippen molar-refractivity contribution in [3.8, 4) is 0 Å². The topological polar surface area (TPSA) is 102 Å². The van der Waals surface area contributed by atoms with Gasteiger partial charge in [-0.1, -0.05) is 56.2 Å². The number of unbranched alkanes of at least 4 members (excludes halogenated alkanes) is 3. The van der Waals surface area contributed by atoms with Crippen LogP contribution < -0.4 is 0 Å². The normalized spacial score (nSPS) is 12.4. The molecule has 0 aromatic carbocycles. The lowest BCUT2D eigenvalue weighted by Gasteiger charge is -2.36. The molecule has 0 saturated heterocycles. The van der Waals surface area contributed by atoms with Gasteiger partial charge < -0.3 is 51.8 Å². The molecule has 0 heterocycles. The van der Waals surface area contributed by atoms with E-state index in [1.54, 1.807) is 0 Å². The van der Waals surface area contributed by atoms with Crippen molar-refractivity contribution in [2.45, 2.75) is 64.6 Å². The summed E-state index contributed by atoms with van der Waals surface area (Å²) in [5.74, 6) is 0. The fourth-order valence-electron chi connectivity index (χ4n) is 3.31. The molecular formula is C32H67IO11Si. The third-order valence-corrected chi connectivity index (χ3v) is 12.3. The lowest BCUT2D eigenvalue weighted by Crippen LogP contribution is -2.41. The highest BCUT2D eigenvalue weighted by molar-refractivity contribution is 14.1. The van der Waals surface area contributed by atoms with E-state index in [2.05, 4.69) is 56.5 Å². The van der Waals surface area contributed by atoms with Gasteiger partial charge in [0.15, 0.2) is 8.32 Å². The summed E-state index contributed by atoms with van der Waals surface area (Å²) >= 11 is 2.42. The van der Waals surface area contributed by atoms with Crippen LogP contribution >= 0.6 is 22.6 Å². The molecule has 0 aromatic rings. The molecular weight excluding hydrogens is 715 g/mol. The van der Waals surface area contributed by atoms with Crippen LogP contribution in [0.3, 0.4) is 0 Å². The van der Waals surface area contributed by atoms with Crippen LogP contribution in [-0.2, 0) is 51.8 Å². The molecule has 0 radical (unpaired) electrons. The SMILES string of the molecule is CC(C)(C)[Si](C)(C)OCCOCCOCCOCCOCCOCCOCCOCCOCCOCCOCCCCCCI. The smallest absolute Gasteiger partial charge is 0.192 e. The zero-order chi connectivity index (χ0) is 33.2. The molecule has 13 heteroatoms. The molecule has 0 aliphatic rings. The van der Waals surface area contributed by atoms with Gasteiger partial charge in [-0.25, -0.2) is 0 Å². The Balaban J connectivity index is 3.11. The zero-order valence-electron chi connectivity index (χ0n) is 29.3. The number of alkyl halides is 1. The van der Waals surface area contributed by atoms with E-state index in [1.807, 2.05) is 0 Å². The third-order valence-electron chi connectivity index (χ3n) is 7.02. The van der Waals surface area contributed by atoms with Crippen LogP contribution in [0.1, 0.15) is 46.5 Å². The van der Waals surface area contributed by atoms with Gasteiger partial charge in [0.1, 0.15) is 0 Å². The summed E-state index contributed by atoms with van der Waals surface area (Å²) in [5, 5.41) is 0.221. The van der Waals surface area contributed by atoms with Gasteiger partial charge in [-0.05, 0) is 35.4 Å². The minimum absolute atomic E-state index is 0.221. The van der Waals surface area contributed by atoms with Crippen molar-refractivity contribution < 1.29 is 51.8 Å². The highest BCUT2D eigenvalue weighted by Gasteiger charge is 2.36. The summed E-state index contributed by atoms with van der Waals surface area (Å²) in [5.41, 5.74) is 0. The van der Waals surface area contributed by atoms with Crippen molar-refractivity contribution in [1.82, 2.24) is 0 Å². The minimum atomic E-state index is -1.69. The summed E-state index contributed by atoms with van der Waals surface area (Å²) in [6, 6.07) is 0. The van der Waals surface area contributed by atoms with E-state index in [0.29, 0.717) is 132 Å². The average molecular weight is 783 g/mol. The molecule has 0 spiro atoms. The van der Waals surface area contributed by atoms with Crippen molar-refractivity contribution in [2.75, 3.05) is 143 Å². The lowest BCUT2D eigenvalue weighted by atomic mass is 10.2. The Kier molecular flexibility index (Phi) is 34.8. The maximum absolute atomic E-state index is 6.08. The van der Waals surface area contributed by atoms with Crippen LogP contribution in [-0.4, -0.2) is 151 Å². The molecule has 272 valence electrons. The lowest BCUT2D eigenvalue weighted by molar-refractivity contribution is -0.0267. The molecule has 0 aromatic heterocycles. The number of hydrogen-bond donors (Lipinski definition) is 0. The van der Waals surface area contributed by atoms with Crippen LogP contribution in [0.5, 0.6) is 0 Å². The van der Waals surface area contributed by atoms with Gasteiger partial charge in [-0.3, -0.25) is 0 Å². The summed E-state index contributed by atoms with van der Waals surface area (Å²) in [6.07, 6.45) is 4.99. The molecule has 0 unspecified atom stereocenters. The van der Waals surface area contributed by atoms with Crippen LogP contribution in [0.15, 0.2) is 0 Å². The number of ether oxygens (including phenoxy) is 10. The Morgan fingerprint density at radius 1 is 0.356 bits per heavy atom. The fourth-order valence-corrected chi connectivity index (χ4v) is 4.87. The van der Waals surface area contributed by atoms with Crippen molar-refractivity contribution in [1.29, 1.82) is 0 Å². The van der Waals surface area contributed by atoms with E-state index < -0.39 is 8.32 Å². The van der Waals surface area contributed by atoms with Gasteiger partial charge >= 0.3 is 0 Å². The Hall–Kier alpha value is 0.507. The van der Waals surface area contributed by atoms with Crippen LogP contribution in [0.4, 0.5) is 0 Å². The summed E-state index contributed by atoms with van der Waals surface area (Å²) < 4.78 is 62.5. The second-order valence-electron chi connectivity index (χ2n) is 11.8. The van der Waals surface area contributed by atoms with Crippen molar-refractivity contribution in [3.05, 3.63) is 0 Å². The second kappa shape index (κ2) is 34.4. The second-order valence-corrected chi connectivity index (χ2v) is 17.7. The van der Waals surface area contributed by atoms with E-state index in [-0.39, 0.29) is 5.04 Å². The average Bonchev–Trinajstić information content (AvgIpc) is 3.00. The van der Waals surface area contributed by atoms with Gasteiger partial charge in [-0.2, -0.15) is 0 Å². The van der Waals surface area contributed by atoms with Crippen molar-refractivity contribution in [2.24, 2.45) is 0 Å². The molecule has 0 fully saturated rings. The zero-order valence-corrected chi connectivity index (χ0v) is 32.4. The molecule has 0 atom stereocenters. The van der Waals surface area contributed by atoms with E-state index in [1.165, 1.54) is 23.7 Å². The Bertz CT molecular complexity index is 586. The first-order valence-electron chi connectivity index (χ1n) is 16.8. The van der Waals surface area contributed by atoms with Crippen LogP contribution in [0.2, 0.25) is 18.1 Å². The summed E-state index contributed by atoms with van der Waals surface area (Å²) in [6.45, 7) is 23.1. The predicted molar refractivity (Wildman–Crippen MR) is 189 cm³/mol. The van der Waals surface area contributed by atoms with E-state index in [4.69, 9.17) is 51.8 Å². The molecule has 45 heavy (non-hydrogen) atoms. The van der Waals surface area contributed by atoms with Gasteiger partial charge in [0.05, 0.1) is 132 Å². The van der Waals surface area contributed by atoms with Crippen LogP contribution in [0.25, 0.3) is 0 Å². The molecule has 0 rings (SSSR count). The number of rotatable bonds is 37. The fraction of sp³-hybridized carbons (Fsp3) is 1.00. The highest BCUT2D eigenvalue weighted by atomic mass is 127. The first kappa shape index (κ1) is 45.5. The largest absolute Gasteiger partial charge is 0.414 e. The van der Waals surface area contributed by atoms with Crippen molar-refractivity contribution in [3.63, 3.8) is 0 Å². The highest BCUT2D eigenvalue weighted by Crippen LogP contribution is 2.36. The molecule has 11 nitrogen and oxygen atoms in total. The first-order chi connectivity index (χ1) is 21.8. The maximum atomic E-state index is 6.08. The summed E-state index contributed by atoms with van der Waals surface area (Å²) in [7, 11) is -1.69. The van der Waals surface area contributed by atoms with Crippen LogP contribution in [0, 0.1) is 0 Å². The van der Waals surface area contributed by atoms with Gasteiger partial charge in [0.25, 0.3) is 0 Å². The van der Waals surface area contributed by atoms with E-state index >= 15 is 0 Å². The summed E-state index contributed by atoms with van der Waals surface area (Å²) in [4.78, 5) is 0. The number of halogens is 1. The Labute approximate surface area is 289 Å². The standard InChI is InChI=1S/C32H67IO11Si/c1-32(2,3)45(4,5)44-31-30-43-29-28-42-27-26-41-25-24-40-23-22-39-21-20-38-19-18-37-17-16-36-15-14-35-13-12-34-11-9-7-6-8-10-33/h6-31H2,1-5H3. The molecule has 0 saturated carbocycles. The van der Waals surface area contributed by atoms with E-state index in [9.17, 15) is 0 Å². The third kappa shape index (κ3) is 34.2. The first-order valence-corrected chi connectivity index (χ1v) is 21.2. The minimum Gasteiger partial charge on any atom is -0.414 e. The monoisotopic (exact) mass is 782 g/mol. The molecule has 0 aliphatic carbocycles. The van der Waals surface area contributed by atoms with Gasteiger partial charge in [-0.15, -0.1) is 0 Å². The number of hydrogen-bond acceptors (Lipinski definition) is 11. The maximum Gasteiger partial charge on any atom is 0.192 e. The molecule has 0 aliphatic heterocycles. The predicted octanol–water partition coefficient (Wildman–Crippen LogP) is 5.17. The quantitative estimate of drug-likeness (QED) is 0.0362. The Morgan fingerprint density at radius 2 is 0.600 bits per heavy atom. The van der Waals surface area contributed by atoms with Gasteiger partial charge in [0, 0.05) is 6.61 Å².